The number of fused-ring (bicyclic) bond motifs is 2. The normalized spacial score (nSPS) is 20.4. The van der Waals surface area contributed by atoms with Crippen LogP contribution in [-0.4, -0.2) is 87.3 Å². The summed E-state index contributed by atoms with van der Waals surface area (Å²) in [6, 6.07) is 9.25. The zero-order chi connectivity index (χ0) is 34.3. The summed E-state index contributed by atoms with van der Waals surface area (Å²) in [6.45, 7) is 3.86. The van der Waals surface area contributed by atoms with Crippen molar-refractivity contribution < 1.29 is 46.8 Å². The van der Waals surface area contributed by atoms with E-state index in [2.05, 4.69) is 14.9 Å². The smallest absolute Gasteiger partial charge is 0.490 e. The Labute approximate surface area is 271 Å². The zero-order valence-corrected chi connectivity index (χ0v) is 26.2. The Hall–Kier alpha value is -4.01. The van der Waals surface area contributed by atoms with Gasteiger partial charge in [0.2, 0.25) is 0 Å². The summed E-state index contributed by atoms with van der Waals surface area (Å²) < 4.78 is 70.2. The van der Waals surface area contributed by atoms with E-state index in [1.807, 2.05) is 11.9 Å². The predicted octanol–water partition coefficient (Wildman–Crippen LogP) is 6.54. The van der Waals surface area contributed by atoms with Crippen LogP contribution < -0.4 is 9.64 Å². The molecule has 2 atom stereocenters. The molecule has 9 nitrogen and oxygen atoms in total. The Kier molecular flexibility index (Phi) is 9.67. The Bertz CT molecular complexity index is 1820. The molecule has 1 aromatic heterocycles. The van der Waals surface area contributed by atoms with Gasteiger partial charge in [0.15, 0.2) is 5.82 Å². The molecule has 2 aliphatic rings. The number of likely N-dealkylation sites (tertiary alicyclic amines) is 1. The average molecular weight is 683 g/mol. The number of phenols is 1. The fourth-order valence-electron chi connectivity index (χ4n) is 6.04. The number of rotatable bonds is 5. The van der Waals surface area contributed by atoms with Crippen LogP contribution in [0.3, 0.4) is 0 Å². The first-order chi connectivity index (χ1) is 22.1. The molecular formula is C32H32ClF5N4O5. The fourth-order valence-corrected chi connectivity index (χ4v) is 6.32. The number of hydrogen-bond donors (Lipinski definition) is 3. The molecule has 6 rings (SSSR count). The van der Waals surface area contributed by atoms with E-state index in [-0.39, 0.29) is 46.4 Å². The lowest BCUT2D eigenvalue weighted by Gasteiger charge is -2.38. The number of aromatic nitrogens is 2. The SMILES string of the molecule is CN1CCC[C@H]1COc1nc(N2CCC[C@@](C)(O)C2)c2cc(F)c(-c3cc(O)cc4cccc(Cl)c34)c(F)c2n1.O=C(O)C(F)(F)F. The van der Waals surface area contributed by atoms with Crippen LogP contribution in [0.15, 0.2) is 36.4 Å². The van der Waals surface area contributed by atoms with Gasteiger partial charge in [0.25, 0.3) is 0 Å². The number of β-amino-alcohol motifs (C(OH)–C–C–N with tert-alkyl or cyclic N) is 1. The van der Waals surface area contributed by atoms with Gasteiger partial charge >= 0.3 is 18.2 Å². The van der Waals surface area contributed by atoms with Crippen LogP contribution in [0.2, 0.25) is 5.02 Å². The van der Waals surface area contributed by atoms with Crippen molar-refractivity contribution in [2.24, 2.45) is 0 Å². The number of aliphatic hydroxyl groups is 1. The lowest BCUT2D eigenvalue weighted by molar-refractivity contribution is -0.192. The number of piperidine rings is 1. The van der Waals surface area contributed by atoms with Crippen molar-refractivity contribution in [1.29, 1.82) is 0 Å². The number of nitrogens with zero attached hydrogens (tertiary/aromatic N) is 4. The second-order valence-corrected chi connectivity index (χ2v) is 12.4. The quantitative estimate of drug-likeness (QED) is 0.202. The van der Waals surface area contributed by atoms with Crippen LogP contribution in [-0.2, 0) is 4.79 Å². The van der Waals surface area contributed by atoms with E-state index in [0.29, 0.717) is 47.6 Å². The number of halogens is 6. The summed E-state index contributed by atoms with van der Waals surface area (Å²) in [6.07, 6.45) is -1.74. The van der Waals surface area contributed by atoms with E-state index in [4.69, 9.17) is 26.2 Å². The van der Waals surface area contributed by atoms with Gasteiger partial charge in [0.1, 0.15) is 29.5 Å². The van der Waals surface area contributed by atoms with Gasteiger partial charge in [-0.2, -0.15) is 23.1 Å². The second kappa shape index (κ2) is 13.2. The highest BCUT2D eigenvalue weighted by Crippen LogP contribution is 2.42. The minimum atomic E-state index is -5.08. The first-order valence-electron chi connectivity index (χ1n) is 14.8. The van der Waals surface area contributed by atoms with Gasteiger partial charge in [-0.05, 0) is 75.9 Å². The number of carboxylic acids is 1. The topological polar surface area (TPSA) is 119 Å². The maximum Gasteiger partial charge on any atom is 0.490 e. The van der Waals surface area contributed by atoms with Gasteiger partial charge in [-0.1, -0.05) is 23.7 Å². The van der Waals surface area contributed by atoms with Gasteiger partial charge in [-0.3, -0.25) is 0 Å². The van der Waals surface area contributed by atoms with Crippen LogP contribution in [0.25, 0.3) is 32.8 Å². The minimum Gasteiger partial charge on any atom is -0.508 e. The number of alkyl halides is 3. The third-order valence-electron chi connectivity index (χ3n) is 8.32. The summed E-state index contributed by atoms with van der Waals surface area (Å²) in [7, 11) is 2.03. The molecule has 3 heterocycles. The number of anilines is 1. The number of carboxylic acid groups (broad SMARTS) is 1. The summed E-state index contributed by atoms with van der Waals surface area (Å²) >= 11 is 6.47. The number of likely N-dealkylation sites (N-methyl/N-ethyl adjacent to an activating group) is 1. The molecule has 47 heavy (non-hydrogen) atoms. The van der Waals surface area contributed by atoms with E-state index >= 15 is 8.78 Å². The van der Waals surface area contributed by atoms with Gasteiger partial charge in [-0.25, -0.2) is 13.6 Å². The molecule has 0 spiro atoms. The van der Waals surface area contributed by atoms with Crippen LogP contribution in [0.5, 0.6) is 11.8 Å². The number of phenolic OH excluding ortho intramolecular Hbond substituents is 1. The maximum absolute atomic E-state index is 16.5. The largest absolute Gasteiger partial charge is 0.508 e. The van der Waals surface area contributed by atoms with E-state index < -0.39 is 29.4 Å². The molecule has 0 radical (unpaired) electrons. The lowest BCUT2D eigenvalue weighted by atomic mass is 9.94. The van der Waals surface area contributed by atoms with E-state index in [1.54, 1.807) is 25.1 Å². The van der Waals surface area contributed by atoms with Crippen molar-refractivity contribution in [3.05, 3.63) is 53.1 Å². The lowest BCUT2D eigenvalue weighted by Crippen LogP contribution is -2.46. The van der Waals surface area contributed by atoms with Crippen molar-refractivity contribution in [2.45, 2.75) is 50.4 Å². The molecule has 0 amide bonds. The number of ether oxygens (including phenoxy) is 1. The van der Waals surface area contributed by atoms with Gasteiger partial charge in [0.05, 0.1) is 11.2 Å². The molecule has 2 fully saturated rings. The number of aliphatic carboxylic acids is 1. The van der Waals surface area contributed by atoms with E-state index in [1.165, 1.54) is 18.2 Å². The zero-order valence-electron chi connectivity index (χ0n) is 25.4. The number of aromatic hydroxyl groups is 1. The van der Waals surface area contributed by atoms with Crippen LogP contribution in [0.1, 0.15) is 32.6 Å². The van der Waals surface area contributed by atoms with Crippen molar-refractivity contribution in [1.82, 2.24) is 14.9 Å². The van der Waals surface area contributed by atoms with E-state index in [9.17, 15) is 23.4 Å². The van der Waals surface area contributed by atoms with Crippen molar-refractivity contribution in [3.63, 3.8) is 0 Å². The Morgan fingerprint density at radius 2 is 1.87 bits per heavy atom. The van der Waals surface area contributed by atoms with Gasteiger partial charge in [0, 0.05) is 40.5 Å². The molecule has 3 N–H and O–H groups in total. The first-order valence-corrected chi connectivity index (χ1v) is 15.2. The highest BCUT2D eigenvalue weighted by atomic mass is 35.5. The minimum absolute atomic E-state index is 0.0109. The molecule has 2 aliphatic heterocycles. The van der Waals surface area contributed by atoms with Crippen LogP contribution in [0.4, 0.5) is 27.8 Å². The highest BCUT2D eigenvalue weighted by Gasteiger charge is 2.38. The second-order valence-electron chi connectivity index (χ2n) is 12.0. The molecule has 15 heteroatoms. The molecule has 2 saturated heterocycles. The van der Waals surface area contributed by atoms with Crippen LogP contribution in [0, 0.1) is 11.6 Å². The average Bonchev–Trinajstić information content (AvgIpc) is 3.39. The first kappa shape index (κ1) is 34.3. The molecule has 0 saturated carbocycles. The van der Waals surface area contributed by atoms with Crippen molar-refractivity contribution in [2.75, 3.05) is 38.2 Å². The summed E-state index contributed by atoms with van der Waals surface area (Å²) in [5.41, 5.74) is -1.31. The fraction of sp³-hybridized carbons (Fsp3) is 0.406. The third-order valence-corrected chi connectivity index (χ3v) is 8.63. The van der Waals surface area contributed by atoms with Crippen molar-refractivity contribution in [3.8, 4) is 22.9 Å². The molecule has 0 bridgehead atoms. The van der Waals surface area contributed by atoms with Crippen LogP contribution >= 0.6 is 11.6 Å². The Morgan fingerprint density at radius 3 is 2.51 bits per heavy atom. The molecule has 0 unspecified atom stereocenters. The number of hydrogen-bond acceptors (Lipinski definition) is 8. The monoisotopic (exact) mass is 682 g/mol. The number of carbonyl (C=O) groups is 1. The van der Waals surface area contributed by atoms with E-state index in [0.717, 1.165) is 19.4 Å². The third kappa shape index (κ3) is 7.44. The Balaban J connectivity index is 0.000000559. The summed E-state index contributed by atoms with van der Waals surface area (Å²) in [5.74, 6) is -4.34. The highest BCUT2D eigenvalue weighted by molar-refractivity contribution is 6.36. The molecule has 3 aromatic carbocycles. The summed E-state index contributed by atoms with van der Waals surface area (Å²) in [5, 5.41) is 29.7. The van der Waals surface area contributed by atoms with Crippen molar-refractivity contribution >= 4 is 45.1 Å². The van der Waals surface area contributed by atoms with Gasteiger partial charge in [-0.15, -0.1) is 0 Å². The Morgan fingerprint density at radius 1 is 1.15 bits per heavy atom. The maximum atomic E-state index is 16.5. The molecular weight excluding hydrogens is 651 g/mol. The molecule has 252 valence electrons. The summed E-state index contributed by atoms with van der Waals surface area (Å²) in [4.78, 5) is 22.0. The number of benzene rings is 3. The molecule has 4 aromatic rings. The predicted molar refractivity (Wildman–Crippen MR) is 166 cm³/mol. The molecule has 0 aliphatic carbocycles. The van der Waals surface area contributed by atoms with Gasteiger partial charge < -0.3 is 29.9 Å². The standard InChI is InChI=1S/C30H31ClF2N4O3.C2HF3O2/c1-30(39)9-5-11-37(16-30)28-21-14-23(32)25(20-13-19(38)12-17-6-3-8-22(31)24(17)20)26(33)27(21)34-29(35-28)40-15-18-7-4-10-36(18)2;3-2(4,5)1(6)7/h3,6,8,12-14,18,38-39H,4-5,7,9-11,15-16H2,1-2H3;(H,6,7)/t18-,30+;/m0./s1.